The molecule has 0 aliphatic rings. The number of ether oxygens (including phenoxy) is 1. The molecule has 0 radical (unpaired) electrons. The third-order valence-electron chi connectivity index (χ3n) is 3.63. The second-order valence-corrected chi connectivity index (χ2v) is 5.92. The van der Waals surface area contributed by atoms with Crippen molar-refractivity contribution in [2.24, 2.45) is 0 Å². The van der Waals surface area contributed by atoms with E-state index in [2.05, 4.69) is 10.6 Å². The molecule has 2 rings (SSSR count). The number of amides is 2. The molecule has 148 valence electrons. The lowest BCUT2D eigenvalue weighted by molar-refractivity contribution is -0.384. The van der Waals surface area contributed by atoms with E-state index in [1.54, 1.807) is 7.05 Å². The van der Waals surface area contributed by atoms with Crippen molar-refractivity contribution in [3.8, 4) is 5.75 Å². The lowest BCUT2D eigenvalue weighted by Gasteiger charge is -2.16. The first-order valence-corrected chi connectivity index (χ1v) is 8.14. The van der Waals surface area contributed by atoms with Crippen LogP contribution in [0.5, 0.6) is 5.75 Å². The Hall–Kier alpha value is -3.53. The summed E-state index contributed by atoms with van der Waals surface area (Å²) in [7, 11) is 2.93. The van der Waals surface area contributed by atoms with Crippen molar-refractivity contribution in [3.05, 3.63) is 58.4 Å². The standard InChI is InChI=1S/C18H19FN4O5/c1-22(10-17(24)20-13-5-3-12(19)4-6-13)11-18(25)21-15-8-7-14(28-2)9-16(15)23(26)27/h3-9H,10-11H2,1-2H3,(H,20,24)(H,21,25). The minimum atomic E-state index is -0.627. The van der Waals surface area contributed by atoms with Crippen LogP contribution in [0.3, 0.4) is 0 Å². The molecule has 0 aliphatic heterocycles. The number of benzene rings is 2. The van der Waals surface area contributed by atoms with Crippen molar-refractivity contribution in [2.75, 3.05) is 37.9 Å². The van der Waals surface area contributed by atoms with Crippen LogP contribution in [0.2, 0.25) is 0 Å². The molecule has 2 N–H and O–H groups in total. The number of carbonyl (C=O) groups is 2. The highest BCUT2D eigenvalue weighted by Crippen LogP contribution is 2.28. The highest BCUT2D eigenvalue weighted by Gasteiger charge is 2.18. The van der Waals surface area contributed by atoms with Crippen LogP contribution in [-0.4, -0.2) is 48.9 Å². The van der Waals surface area contributed by atoms with Gasteiger partial charge in [-0.25, -0.2) is 4.39 Å². The molecule has 0 saturated carbocycles. The molecule has 0 spiro atoms. The monoisotopic (exact) mass is 390 g/mol. The molecule has 0 fully saturated rings. The normalized spacial score (nSPS) is 10.4. The van der Waals surface area contributed by atoms with E-state index >= 15 is 0 Å². The fourth-order valence-corrected chi connectivity index (χ4v) is 2.36. The number of hydrogen-bond donors (Lipinski definition) is 2. The fraction of sp³-hybridized carbons (Fsp3) is 0.222. The molecule has 2 aromatic rings. The Morgan fingerprint density at radius 1 is 1.11 bits per heavy atom. The third kappa shape index (κ3) is 6.02. The number of halogens is 1. The number of nitrogens with one attached hydrogen (secondary N) is 2. The van der Waals surface area contributed by atoms with E-state index in [1.807, 2.05) is 0 Å². The number of anilines is 2. The summed E-state index contributed by atoms with van der Waals surface area (Å²) in [5, 5.41) is 16.2. The van der Waals surface area contributed by atoms with Crippen LogP contribution in [0, 0.1) is 15.9 Å². The molecule has 0 aliphatic carbocycles. The first-order valence-electron chi connectivity index (χ1n) is 8.14. The Labute approximate surface area is 160 Å². The SMILES string of the molecule is COc1ccc(NC(=O)CN(C)CC(=O)Nc2ccc(F)cc2)c([N+](=O)[O-])c1. The van der Waals surface area contributed by atoms with E-state index in [-0.39, 0.29) is 24.5 Å². The van der Waals surface area contributed by atoms with Crippen molar-refractivity contribution in [2.45, 2.75) is 0 Å². The molecule has 0 saturated heterocycles. The zero-order valence-corrected chi connectivity index (χ0v) is 15.3. The third-order valence-corrected chi connectivity index (χ3v) is 3.63. The molecule has 10 heteroatoms. The quantitative estimate of drug-likeness (QED) is 0.528. The van der Waals surface area contributed by atoms with Gasteiger partial charge in [-0.2, -0.15) is 0 Å². The van der Waals surface area contributed by atoms with Gasteiger partial charge in [-0.05, 0) is 43.4 Å². The van der Waals surface area contributed by atoms with Crippen LogP contribution < -0.4 is 15.4 Å². The molecule has 0 unspecified atom stereocenters. The van der Waals surface area contributed by atoms with Gasteiger partial charge in [0.15, 0.2) is 0 Å². The molecular formula is C18H19FN4O5. The van der Waals surface area contributed by atoms with E-state index < -0.39 is 22.6 Å². The summed E-state index contributed by atoms with van der Waals surface area (Å²) in [6, 6.07) is 9.34. The number of nitrogens with zero attached hydrogens (tertiary/aromatic N) is 2. The highest BCUT2D eigenvalue weighted by molar-refractivity contribution is 5.96. The molecule has 2 aromatic carbocycles. The van der Waals surface area contributed by atoms with Crippen molar-refractivity contribution in [1.29, 1.82) is 0 Å². The minimum absolute atomic E-state index is 0.0277. The van der Waals surface area contributed by atoms with Gasteiger partial charge in [0, 0.05) is 5.69 Å². The average molecular weight is 390 g/mol. The molecule has 2 amide bonds. The maximum absolute atomic E-state index is 12.9. The van der Waals surface area contributed by atoms with E-state index in [0.29, 0.717) is 11.4 Å². The largest absolute Gasteiger partial charge is 0.496 e. The Kier molecular flexibility index (Phi) is 6.99. The molecule has 0 heterocycles. The van der Waals surface area contributed by atoms with Crippen LogP contribution in [0.25, 0.3) is 0 Å². The Bertz CT molecular complexity index is 873. The smallest absolute Gasteiger partial charge is 0.296 e. The van der Waals surface area contributed by atoms with Gasteiger partial charge in [0.1, 0.15) is 17.3 Å². The van der Waals surface area contributed by atoms with Gasteiger partial charge >= 0.3 is 0 Å². The van der Waals surface area contributed by atoms with Crippen molar-refractivity contribution in [1.82, 2.24) is 4.90 Å². The zero-order valence-electron chi connectivity index (χ0n) is 15.3. The lowest BCUT2D eigenvalue weighted by Crippen LogP contribution is -2.36. The lowest BCUT2D eigenvalue weighted by atomic mass is 10.2. The number of methoxy groups -OCH3 is 1. The van der Waals surface area contributed by atoms with Gasteiger partial charge in [-0.15, -0.1) is 0 Å². The predicted molar refractivity (Wildman–Crippen MR) is 101 cm³/mol. The van der Waals surface area contributed by atoms with Gasteiger partial charge in [0.05, 0.1) is 31.2 Å². The van der Waals surface area contributed by atoms with Gasteiger partial charge < -0.3 is 15.4 Å². The van der Waals surface area contributed by atoms with E-state index in [9.17, 15) is 24.1 Å². The second kappa shape index (κ2) is 9.42. The first-order chi connectivity index (χ1) is 13.3. The van der Waals surface area contributed by atoms with Gasteiger partial charge in [-0.1, -0.05) is 0 Å². The first kappa shape index (κ1) is 20.8. The van der Waals surface area contributed by atoms with Crippen LogP contribution in [-0.2, 0) is 9.59 Å². The van der Waals surface area contributed by atoms with E-state index in [4.69, 9.17) is 4.74 Å². The minimum Gasteiger partial charge on any atom is -0.496 e. The summed E-state index contributed by atoms with van der Waals surface area (Å²) < 4.78 is 17.8. The maximum atomic E-state index is 12.9. The van der Waals surface area contributed by atoms with Crippen LogP contribution in [0.15, 0.2) is 42.5 Å². The molecule has 9 nitrogen and oxygen atoms in total. The molecule has 0 aromatic heterocycles. The van der Waals surface area contributed by atoms with Crippen molar-refractivity contribution < 1.29 is 23.6 Å². The Balaban J connectivity index is 1.91. The van der Waals surface area contributed by atoms with Crippen LogP contribution in [0.1, 0.15) is 0 Å². The number of nitro groups is 1. The second-order valence-electron chi connectivity index (χ2n) is 5.92. The Morgan fingerprint density at radius 2 is 1.71 bits per heavy atom. The summed E-state index contributed by atoms with van der Waals surface area (Å²) in [6.07, 6.45) is 0. The number of rotatable bonds is 8. The maximum Gasteiger partial charge on any atom is 0.296 e. The van der Waals surface area contributed by atoms with Crippen LogP contribution >= 0.6 is 0 Å². The zero-order chi connectivity index (χ0) is 20.7. The summed E-state index contributed by atoms with van der Waals surface area (Å²) >= 11 is 0. The van der Waals surface area contributed by atoms with Gasteiger partial charge in [-0.3, -0.25) is 24.6 Å². The molecule has 28 heavy (non-hydrogen) atoms. The molecule has 0 atom stereocenters. The number of nitro benzene ring substituents is 1. The highest BCUT2D eigenvalue weighted by atomic mass is 19.1. The number of carbonyl (C=O) groups excluding carboxylic acids is 2. The predicted octanol–water partition coefficient (Wildman–Crippen LogP) is 2.25. The topological polar surface area (TPSA) is 114 Å². The summed E-state index contributed by atoms with van der Waals surface area (Å²) in [6.45, 7) is -0.268. The summed E-state index contributed by atoms with van der Waals surface area (Å²) in [5.74, 6) is -1.04. The summed E-state index contributed by atoms with van der Waals surface area (Å²) in [4.78, 5) is 36.1. The Morgan fingerprint density at radius 3 is 2.29 bits per heavy atom. The molecule has 0 bridgehead atoms. The van der Waals surface area contributed by atoms with Crippen molar-refractivity contribution in [3.63, 3.8) is 0 Å². The fourth-order valence-electron chi connectivity index (χ4n) is 2.36. The average Bonchev–Trinajstić information content (AvgIpc) is 2.63. The van der Waals surface area contributed by atoms with Gasteiger partial charge in [0.2, 0.25) is 11.8 Å². The number of hydrogen-bond acceptors (Lipinski definition) is 6. The number of likely N-dealkylation sites (N-methyl/N-ethyl adjacent to an activating group) is 1. The van der Waals surface area contributed by atoms with Crippen molar-refractivity contribution >= 4 is 28.9 Å². The van der Waals surface area contributed by atoms with E-state index in [0.717, 1.165) is 0 Å². The molecular weight excluding hydrogens is 371 g/mol. The summed E-state index contributed by atoms with van der Waals surface area (Å²) in [5.41, 5.74) is 0.155. The van der Waals surface area contributed by atoms with E-state index in [1.165, 1.54) is 54.5 Å². The van der Waals surface area contributed by atoms with Crippen LogP contribution in [0.4, 0.5) is 21.5 Å². The van der Waals surface area contributed by atoms with Gasteiger partial charge in [0.25, 0.3) is 5.69 Å².